The molecule has 0 bridgehead atoms. The van der Waals surface area contributed by atoms with Gasteiger partial charge >= 0.3 is 0 Å². The van der Waals surface area contributed by atoms with Crippen LogP contribution in [-0.2, 0) is 9.47 Å². The highest BCUT2D eigenvalue weighted by Gasteiger charge is 2.16. The molecule has 0 radical (unpaired) electrons. The molecule has 2 atom stereocenters. The number of hydrogen-bond acceptors (Lipinski definition) is 4. The van der Waals surface area contributed by atoms with Crippen LogP contribution in [0.3, 0.4) is 0 Å². The van der Waals surface area contributed by atoms with Crippen LogP contribution < -0.4 is 0 Å². The van der Waals surface area contributed by atoms with Crippen LogP contribution in [0, 0.1) is 0 Å². The number of methoxy groups -OCH3 is 2. The third-order valence-electron chi connectivity index (χ3n) is 1.59. The highest BCUT2D eigenvalue weighted by atomic mass is 16.5. The summed E-state index contributed by atoms with van der Waals surface area (Å²) >= 11 is 0. The Morgan fingerprint density at radius 1 is 1.50 bits per heavy atom. The first kappa shape index (κ1) is 11.1. The molecule has 0 aliphatic heterocycles. The molecule has 0 rings (SSSR count). The highest BCUT2D eigenvalue weighted by Crippen LogP contribution is 2.06. The Morgan fingerprint density at radius 2 is 2.17 bits per heavy atom. The molecule has 0 aromatic heterocycles. The average molecular weight is 173 g/mol. The third-order valence-corrected chi connectivity index (χ3v) is 1.59. The quantitative estimate of drug-likeness (QED) is 0.283. The zero-order valence-corrected chi connectivity index (χ0v) is 7.43. The zero-order chi connectivity index (χ0) is 9.40. The molecule has 0 aliphatic rings. The van der Waals surface area contributed by atoms with Gasteiger partial charge in [0.1, 0.15) is 6.10 Å². The summed E-state index contributed by atoms with van der Waals surface area (Å²) < 4.78 is 10.2. The molecule has 0 aromatic rings. The summed E-state index contributed by atoms with van der Waals surface area (Å²) in [6.07, 6.45) is 3.19. The van der Waals surface area contributed by atoms with Crippen molar-refractivity contribution >= 4 is 6.21 Å². The second-order valence-corrected chi connectivity index (χ2v) is 2.24. The average Bonchev–Trinajstić information content (AvgIpc) is 2.12. The van der Waals surface area contributed by atoms with Crippen molar-refractivity contribution in [2.24, 2.45) is 5.16 Å². The van der Waals surface area contributed by atoms with E-state index in [2.05, 4.69) is 11.7 Å². The van der Waals surface area contributed by atoms with Gasteiger partial charge in [-0.2, -0.15) is 0 Å². The molecule has 1 N–H and O–H groups in total. The van der Waals surface area contributed by atoms with Gasteiger partial charge in [-0.1, -0.05) is 6.08 Å². The molecule has 0 unspecified atom stereocenters. The van der Waals surface area contributed by atoms with Crippen molar-refractivity contribution in [3.05, 3.63) is 12.7 Å². The smallest absolute Gasteiger partial charge is 0.101 e. The van der Waals surface area contributed by atoms with Gasteiger partial charge in [0.25, 0.3) is 0 Å². The van der Waals surface area contributed by atoms with Crippen molar-refractivity contribution < 1.29 is 14.7 Å². The van der Waals surface area contributed by atoms with Crippen LogP contribution in [0.1, 0.15) is 6.42 Å². The van der Waals surface area contributed by atoms with E-state index in [4.69, 9.17) is 14.7 Å². The molecule has 0 spiro atoms. The molecular weight excluding hydrogens is 158 g/mol. The predicted molar refractivity (Wildman–Crippen MR) is 46.7 cm³/mol. The minimum atomic E-state index is -0.173. The fraction of sp³-hybridized carbons (Fsp3) is 0.625. The fourth-order valence-corrected chi connectivity index (χ4v) is 0.915. The molecule has 0 fully saturated rings. The Morgan fingerprint density at radius 3 is 2.50 bits per heavy atom. The van der Waals surface area contributed by atoms with Gasteiger partial charge in [0.2, 0.25) is 0 Å². The van der Waals surface area contributed by atoms with E-state index in [1.807, 2.05) is 0 Å². The van der Waals surface area contributed by atoms with Crippen molar-refractivity contribution in [2.45, 2.75) is 18.6 Å². The Kier molecular flexibility index (Phi) is 6.32. The minimum absolute atomic E-state index is 0.150. The largest absolute Gasteiger partial charge is 0.411 e. The van der Waals surface area contributed by atoms with Crippen LogP contribution in [-0.4, -0.2) is 37.8 Å². The maximum absolute atomic E-state index is 8.19. The maximum atomic E-state index is 8.19. The highest BCUT2D eigenvalue weighted by molar-refractivity contribution is 5.57. The first-order chi connectivity index (χ1) is 5.79. The molecule has 0 saturated carbocycles. The van der Waals surface area contributed by atoms with Gasteiger partial charge in [-0.05, 0) is 0 Å². The molecule has 12 heavy (non-hydrogen) atoms. The standard InChI is InChI=1S/C8H15NO3/c1-4-7(11-2)8(12-3)5-6-9-10/h4,6-8,10H,1,5H2,2-3H3/b9-6+/t7-,8+/m0/s1. The van der Waals surface area contributed by atoms with E-state index in [9.17, 15) is 0 Å². The van der Waals surface area contributed by atoms with E-state index in [1.165, 1.54) is 6.21 Å². The number of oxime groups is 1. The van der Waals surface area contributed by atoms with E-state index >= 15 is 0 Å². The molecule has 4 nitrogen and oxygen atoms in total. The van der Waals surface area contributed by atoms with Gasteiger partial charge in [-0.3, -0.25) is 0 Å². The second kappa shape index (κ2) is 6.82. The van der Waals surface area contributed by atoms with Crippen LogP contribution in [0.2, 0.25) is 0 Å². The summed E-state index contributed by atoms with van der Waals surface area (Å²) in [7, 11) is 3.15. The number of nitrogens with zero attached hydrogens (tertiary/aromatic N) is 1. The lowest BCUT2D eigenvalue weighted by atomic mass is 10.1. The van der Waals surface area contributed by atoms with Crippen LogP contribution in [0.25, 0.3) is 0 Å². The van der Waals surface area contributed by atoms with Crippen molar-refractivity contribution in [3.63, 3.8) is 0 Å². The lowest BCUT2D eigenvalue weighted by molar-refractivity contribution is -0.00650. The van der Waals surface area contributed by atoms with Crippen LogP contribution >= 0.6 is 0 Å². The van der Waals surface area contributed by atoms with Crippen molar-refractivity contribution in [3.8, 4) is 0 Å². The molecule has 0 saturated heterocycles. The zero-order valence-electron chi connectivity index (χ0n) is 7.43. The SMILES string of the molecule is C=C[C@H](OC)[C@@H](C/C=N/O)OC. The van der Waals surface area contributed by atoms with Gasteiger partial charge in [-0.15, -0.1) is 11.7 Å². The van der Waals surface area contributed by atoms with Gasteiger partial charge in [-0.25, -0.2) is 0 Å². The van der Waals surface area contributed by atoms with Crippen LogP contribution in [0.15, 0.2) is 17.8 Å². The Balaban J connectivity index is 4.00. The van der Waals surface area contributed by atoms with E-state index in [0.717, 1.165) is 0 Å². The molecule has 4 heteroatoms. The topological polar surface area (TPSA) is 51.0 Å². The summed E-state index contributed by atoms with van der Waals surface area (Å²) in [5.41, 5.74) is 0. The maximum Gasteiger partial charge on any atom is 0.101 e. The Labute approximate surface area is 72.5 Å². The van der Waals surface area contributed by atoms with E-state index in [-0.39, 0.29) is 12.2 Å². The normalized spacial score (nSPS) is 16.2. The minimum Gasteiger partial charge on any atom is -0.411 e. The summed E-state index contributed by atoms with van der Waals surface area (Å²) in [5.74, 6) is 0. The molecular formula is C8H15NO3. The lowest BCUT2D eigenvalue weighted by Crippen LogP contribution is -2.28. The summed E-state index contributed by atoms with van der Waals surface area (Å²) in [6.45, 7) is 3.60. The van der Waals surface area contributed by atoms with E-state index in [1.54, 1.807) is 20.3 Å². The van der Waals surface area contributed by atoms with Gasteiger partial charge in [0.05, 0.1) is 6.10 Å². The van der Waals surface area contributed by atoms with E-state index < -0.39 is 0 Å². The number of ether oxygens (including phenoxy) is 2. The second-order valence-electron chi connectivity index (χ2n) is 2.24. The molecule has 0 amide bonds. The summed E-state index contributed by atoms with van der Waals surface area (Å²) in [4.78, 5) is 0. The molecule has 0 heterocycles. The number of hydrogen-bond donors (Lipinski definition) is 1. The molecule has 70 valence electrons. The van der Waals surface area contributed by atoms with Gasteiger partial charge < -0.3 is 14.7 Å². The summed E-state index contributed by atoms with van der Waals surface area (Å²) in [6, 6.07) is 0. The van der Waals surface area contributed by atoms with Crippen molar-refractivity contribution in [1.82, 2.24) is 0 Å². The summed E-state index contributed by atoms with van der Waals surface area (Å²) in [5, 5.41) is 11.1. The number of rotatable bonds is 6. The Hall–Kier alpha value is -0.870. The van der Waals surface area contributed by atoms with E-state index in [0.29, 0.717) is 6.42 Å². The fourth-order valence-electron chi connectivity index (χ4n) is 0.915. The lowest BCUT2D eigenvalue weighted by Gasteiger charge is -2.19. The van der Waals surface area contributed by atoms with Gasteiger partial charge in [0.15, 0.2) is 0 Å². The van der Waals surface area contributed by atoms with Gasteiger partial charge in [0, 0.05) is 26.9 Å². The van der Waals surface area contributed by atoms with Crippen LogP contribution in [0.4, 0.5) is 0 Å². The molecule has 0 aliphatic carbocycles. The first-order valence-electron chi connectivity index (χ1n) is 3.64. The Bertz CT molecular complexity index is 147. The first-order valence-corrected chi connectivity index (χ1v) is 3.64. The monoisotopic (exact) mass is 173 g/mol. The van der Waals surface area contributed by atoms with Crippen LogP contribution in [0.5, 0.6) is 0 Å². The molecule has 0 aromatic carbocycles. The van der Waals surface area contributed by atoms with Crippen molar-refractivity contribution in [1.29, 1.82) is 0 Å². The predicted octanol–water partition coefficient (Wildman–Crippen LogP) is 1.05. The van der Waals surface area contributed by atoms with Crippen molar-refractivity contribution in [2.75, 3.05) is 14.2 Å². The third kappa shape index (κ3) is 3.50.